The van der Waals surface area contributed by atoms with E-state index in [1.807, 2.05) is 39.6 Å². The number of thiazole rings is 1. The molecule has 1 aromatic rings. The summed E-state index contributed by atoms with van der Waals surface area (Å²) >= 11 is 1.20. The highest BCUT2D eigenvalue weighted by atomic mass is 32.1. The summed E-state index contributed by atoms with van der Waals surface area (Å²) in [6, 6.07) is -1.33. The van der Waals surface area contributed by atoms with Crippen LogP contribution in [0.4, 0.5) is 0 Å². The van der Waals surface area contributed by atoms with E-state index in [9.17, 15) is 29.1 Å². The molecule has 0 aromatic carbocycles. The number of nitrogens with one attached hydrogen (secondary N) is 2. The van der Waals surface area contributed by atoms with Crippen molar-refractivity contribution in [3.63, 3.8) is 0 Å². The lowest BCUT2D eigenvalue weighted by atomic mass is 9.39. The first-order valence-corrected chi connectivity index (χ1v) is 17.0. The van der Waals surface area contributed by atoms with Crippen LogP contribution in [0.5, 0.6) is 0 Å². The minimum atomic E-state index is -0.823. The summed E-state index contributed by atoms with van der Waals surface area (Å²) < 4.78 is 5.70. The number of rotatable bonds is 14. The van der Waals surface area contributed by atoms with Gasteiger partial charge in [0, 0.05) is 37.4 Å². The summed E-state index contributed by atoms with van der Waals surface area (Å²) in [6.45, 7) is 10.1. The lowest BCUT2D eigenvalue weighted by Crippen LogP contribution is -2.77. The number of aromatic nitrogens is 1. The third kappa shape index (κ3) is 7.34. The van der Waals surface area contributed by atoms with Crippen LogP contribution in [0.2, 0.25) is 0 Å². The molecule has 3 amide bonds. The summed E-state index contributed by atoms with van der Waals surface area (Å²) in [5.41, 5.74) is -1.02. The number of nitrogens with zero attached hydrogens (tertiary/aromatic N) is 3. The largest absolute Gasteiger partial charge is 0.481 e. The van der Waals surface area contributed by atoms with Crippen molar-refractivity contribution in [1.29, 1.82) is 0 Å². The second kappa shape index (κ2) is 13.7. The molecule has 1 aromatic heterocycles. The number of amides is 3. The molecule has 2 bridgehead atoms. The normalized spacial score (nSPS) is 26.8. The first-order chi connectivity index (χ1) is 21.1. The topological polar surface area (TPSA) is 158 Å². The van der Waals surface area contributed by atoms with E-state index in [1.165, 1.54) is 18.3 Å². The molecule has 3 saturated carbocycles. The Morgan fingerprint density at radius 3 is 2.40 bits per heavy atom. The minimum absolute atomic E-state index is 0.0247. The molecule has 1 aliphatic heterocycles. The maximum atomic E-state index is 14.0. The van der Waals surface area contributed by atoms with Crippen LogP contribution in [-0.2, 0) is 23.9 Å². The average Bonchev–Trinajstić information content (AvgIpc) is 3.44. The zero-order valence-corrected chi connectivity index (χ0v) is 28.4. The molecule has 5 rings (SSSR count). The maximum absolute atomic E-state index is 14.0. The number of esters is 1. The van der Waals surface area contributed by atoms with Crippen LogP contribution in [-0.4, -0.2) is 93.9 Å². The standard InChI is InChI=1S/C32H49N5O7S/c1-8-19(4)25(34-27(40)22-11-9-10-12-36(22)6)29(41)37(7)23(18(2)3)13-24(44-20(5)38)28-33-21(14-45-28)26(39)35-32-15-31(16-32,17-32)30(42)43/h14,18-19,22-25H,8-13,15-17H2,1-7H3,(H,34,40)(H,35,39)(H,42,43)/t19-,22+,23+,24+,25-,31?,32?/m0/s1. The summed E-state index contributed by atoms with van der Waals surface area (Å²) in [6.07, 6.45) is 4.20. The Morgan fingerprint density at radius 2 is 1.84 bits per heavy atom. The van der Waals surface area contributed by atoms with Gasteiger partial charge < -0.3 is 25.4 Å². The predicted octanol–water partition coefficient (Wildman–Crippen LogP) is 3.37. The number of aliphatic carboxylic acids is 1. The molecule has 0 unspecified atom stereocenters. The number of carbonyl (C=O) groups is 5. The molecular weight excluding hydrogens is 598 g/mol. The van der Waals surface area contributed by atoms with Crippen molar-refractivity contribution in [3.05, 3.63) is 16.1 Å². The highest BCUT2D eigenvalue weighted by Gasteiger charge is 2.72. The molecule has 4 fully saturated rings. The fourth-order valence-electron chi connectivity index (χ4n) is 7.21. The van der Waals surface area contributed by atoms with E-state index in [0.717, 1.165) is 25.8 Å². The molecule has 2 heterocycles. The molecule has 13 heteroatoms. The fourth-order valence-corrected chi connectivity index (χ4v) is 8.05. The number of likely N-dealkylation sites (tertiary alicyclic amines) is 1. The molecular formula is C32H49N5O7S. The number of ether oxygens (including phenoxy) is 1. The van der Waals surface area contributed by atoms with Gasteiger partial charge in [-0.3, -0.25) is 28.9 Å². The molecule has 0 radical (unpaired) electrons. The van der Waals surface area contributed by atoms with Gasteiger partial charge in [-0.05, 0) is 57.5 Å². The fraction of sp³-hybridized carbons (Fsp3) is 0.750. The SMILES string of the molecule is CC[C@H](C)[C@H](NC(=O)[C@H]1CCCCN1C)C(=O)N(C)[C@H](C[C@@H](OC(C)=O)c1nc(C(=O)NC23CC(C(=O)O)(C2)C3)cs1)C(C)C. The van der Waals surface area contributed by atoms with E-state index >= 15 is 0 Å². The Hall–Kier alpha value is -3.06. The van der Waals surface area contributed by atoms with Crippen LogP contribution in [0.3, 0.4) is 0 Å². The van der Waals surface area contributed by atoms with Crippen LogP contribution in [0, 0.1) is 17.3 Å². The van der Waals surface area contributed by atoms with Crippen molar-refractivity contribution in [2.45, 2.75) is 116 Å². The van der Waals surface area contributed by atoms with Crippen molar-refractivity contribution in [2.75, 3.05) is 20.6 Å². The quantitative estimate of drug-likeness (QED) is 0.258. The van der Waals surface area contributed by atoms with Crippen molar-refractivity contribution in [2.24, 2.45) is 17.3 Å². The van der Waals surface area contributed by atoms with Gasteiger partial charge in [0.25, 0.3) is 5.91 Å². The Kier molecular flexibility index (Phi) is 10.6. The minimum Gasteiger partial charge on any atom is -0.481 e. The van der Waals surface area contributed by atoms with Crippen LogP contribution < -0.4 is 10.6 Å². The Bertz CT molecular complexity index is 1280. The van der Waals surface area contributed by atoms with Gasteiger partial charge >= 0.3 is 11.9 Å². The molecule has 4 aliphatic rings. The molecule has 3 aliphatic carbocycles. The van der Waals surface area contributed by atoms with Crippen LogP contribution in [0.15, 0.2) is 5.38 Å². The first-order valence-electron chi connectivity index (χ1n) is 16.1. The highest BCUT2D eigenvalue weighted by molar-refractivity contribution is 7.09. The number of hydrogen-bond donors (Lipinski definition) is 3. The lowest BCUT2D eigenvalue weighted by Gasteiger charge is -2.67. The predicted molar refractivity (Wildman–Crippen MR) is 168 cm³/mol. The number of carboxylic acid groups (broad SMARTS) is 1. The van der Waals surface area contributed by atoms with E-state index in [1.54, 1.807) is 17.3 Å². The van der Waals surface area contributed by atoms with Crippen LogP contribution >= 0.6 is 11.3 Å². The van der Waals surface area contributed by atoms with Crippen molar-refractivity contribution < 1.29 is 33.8 Å². The van der Waals surface area contributed by atoms with Gasteiger partial charge in [-0.25, -0.2) is 4.98 Å². The van der Waals surface area contributed by atoms with Crippen LogP contribution in [0.1, 0.15) is 108 Å². The summed E-state index contributed by atoms with van der Waals surface area (Å²) in [7, 11) is 3.66. The summed E-state index contributed by atoms with van der Waals surface area (Å²) in [4.78, 5) is 72.2. The van der Waals surface area contributed by atoms with E-state index in [0.29, 0.717) is 30.7 Å². The maximum Gasteiger partial charge on any atom is 0.309 e. The molecule has 250 valence electrons. The van der Waals surface area contributed by atoms with Gasteiger partial charge in [-0.1, -0.05) is 40.5 Å². The number of likely N-dealkylation sites (N-methyl/N-ethyl adjacent to an activating group) is 2. The zero-order valence-electron chi connectivity index (χ0n) is 27.6. The summed E-state index contributed by atoms with van der Waals surface area (Å²) in [5, 5.41) is 17.4. The highest BCUT2D eigenvalue weighted by Crippen LogP contribution is 2.67. The van der Waals surface area contributed by atoms with Crippen molar-refractivity contribution in [3.8, 4) is 0 Å². The van der Waals surface area contributed by atoms with Gasteiger partial charge in [0.05, 0.1) is 11.5 Å². The third-order valence-corrected chi connectivity index (χ3v) is 11.1. The molecule has 12 nitrogen and oxygen atoms in total. The Morgan fingerprint density at radius 1 is 1.18 bits per heavy atom. The Labute approximate surface area is 269 Å². The molecule has 3 N–H and O–H groups in total. The molecule has 5 atom stereocenters. The van der Waals surface area contributed by atoms with Crippen LogP contribution in [0.25, 0.3) is 0 Å². The monoisotopic (exact) mass is 647 g/mol. The third-order valence-electron chi connectivity index (χ3n) is 10.1. The van der Waals surface area contributed by atoms with Gasteiger partial charge in [0.15, 0.2) is 6.10 Å². The number of hydrogen-bond acceptors (Lipinski definition) is 9. The van der Waals surface area contributed by atoms with Gasteiger partial charge in [0.2, 0.25) is 11.8 Å². The van der Waals surface area contributed by atoms with E-state index in [-0.39, 0.29) is 53.8 Å². The van der Waals surface area contributed by atoms with Gasteiger partial charge in [-0.2, -0.15) is 0 Å². The van der Waals surface area contributed by atoms with Crippen molar-refractivity contribution >= 4 is 41.0 Å². The van der Waals surface area contributed by atoms with Crippen molar-refractivity contribution in [1.82, 2.24) is 25.4 Å². The second-order valence-electron chi connectivity index (χ2n) is 13.9. The molecule has 0 spiro atoms. The van der Waals surface area contributed by atoms with Gasteiger partial charge in [0.1, 0.15) is 16.7 Å². The van der Waals surface area contributed by atoms with E-state index in [2.05, 4.69) is 15.6 Å². The van der Waals surface area contributed by atoms with Gasteiger partial charge in [-0.15, -0.1) is 11.3 Å². The van der Waals surface area contributed by atoms with E-state index in [4.69, 9.17) is 4.74 Å². The van der Waals surface area contributed by atoms with E-state index < -0.39 is 35.0 Å². The zero-order chi connectivity index (χ0) is 33.3. The second-order valence-corrected chi connectivity index (χ2v) is 14.8. The molecule has 45 heavy (non-hydrogen) atoms. The summed E-state index contributed by atoms with van der Waals surface area (Å²) in [5.74, 6) is -2.17. The molecule has 1 saturated heterocycles. The first kappa shape index (κ1) is 34.8. The smallest absolute Gasteiger partial charge is 0.309 e. The lowest BCUT2D eigenvalue weighted by molar-refractivity contribution is -0.196. The average molecular weight is 648 g/mol. The number of carbonyl (C=O) groups excluding carboxylic acids is 4. The Balaban J connectivity index is 1.47. The number of piperidine rings is 1. The number of carboxylic acids is 1.